The molecule has 6 heteroatoms. The van der Waals surface area contributed by atoms with Gasteiger partial charge in [0.2, 0.25) is 5.91 Å². The number of aliphatic carboxylic acids is 1. The topological polar surface area (TPSA) is 75.6 Å². The minimum absolute atomic E-state index is 0.0210. The lowest BCUT2D eigenvalue weighted by Gasteiger charge is -2.11. The minimum atomic E-state index is -0.792. The molecule has 1 amide bonds. The van der Waals surface area contributed by atoms with Crippen LogP contribution in [0, 0.1) is 11.8 Å². The van der Waals surface area contributed by atoms with Crippen molar-refractivity contribution in [2.45, 2.75) is 32.1 Å². The predicted octanol–water partition coefficient (Wildman–Crippen LogP) is 3.12. The quantitative estimate of drug-likeness (QED) is 0.713. The molecular formula is C17H22ClNO4. The molecule has 1 saturated carbocycles. The molecule has 0 bridgehead atoms. The molecular weight excluding hydrogens is 318 g/mol. The summed E-state index contributed by atoms with van der Waals surface area (Å²) >= 11 is 5.80. The number of hydrogen-bond donors (Lipinski definition) is 2. The molecule has 0 aliphatic heterocycles. The van der Waals surface area contributed by atoms with E-state index in [4.69, 9.17) is 21.4 Å². The molecule has 0 aromatic heterocycles. The van der Waals surface area contributed by atoms with E-state index >= 15 is 0 Å². The number of amides is 1. The fourth-order valence-electron chi connectivity index (χ4n) is 2.75. The molecule has 5 nitrogen and oxygen atoms in total. The lowest BCUT2D eigenvalue weighted by atomic mass is 10.0. The van der Waals surface area contributed by atoms with Gasteiger partial charge in [0.05, 0.1) is 12.5 Å². The first-order valence-corrected chi connectivity index (χ1v) is 8.33. The van der Waals surface area contributed by atoms with Crippen molar-refractivity contribution in [3.63, 3.8) is 0 Å². The van der Waals surface area contributed by atoms with Gasteiger partial charge in [0, 0.05) is 17.5 Å². The van der Waals surface area contributed by atoms with Crippen molar-refractivity contribution in [3.8, 4) is 5.75 Å². The molecule has 126 valence electrons. The van der Waals surface area contributed by atoms with Crippen molar-refractivity contribution in [3.05, 3.63) is 29.3 Å². The zero-order chi connectivity index (χ0) is 16.7. The summed E-state index contributed by atoms with van der Waals surface area (Å²) in [5.74, 6) is -0.545. The first kappa shape index (κ1) is 17.6. The maximum Gasteiger partial charge on any atom is 0.306 e. The summed E-state index contributed by atoms with van der Waals surface area (Å²) in [5, 5.41) is 12.5. The number of carboxylic acid groups (broad SMARTS) is 1. The molecule has 1 aliphatic carbocycles. The van der Waals surface area contributed by atoms with Gasteiger partial charge in [0.1, 0.15) is 5.75 Å². The van der Waals surface area contributed by atoms with Crippen LogP contribution in [0.25, 0.3) is 0 Å². The van der Waals surface area contributed by atoms with E-state index in [9.17, 15) is 9.59 Å². The Bertz CT molecular complexity index is 532. The number of nitrogens with one attached hydrogen (secondary N) is 1. The van der Waals surface area contributed by atoms with Crippen LogP contribution in [0.4, 0.5) is 0 Å². The van der Waals surface area contributed by atoms with Gasteiger partial charge in [0.15, 0.2) is 0 Å². The molecule has 2 atom stereocenters. The summed E-state index contributed by atoms with van der Waals surface area (Å²) in [4.78, 5) is 22.8. The average Bonchev–Trinajstić information content (AvgIpc) is 3.02. The summed E-state index contributed by atoms with van der Waals surface area (Å²) in [6.45, 7) is 1.18. The lowest BCUT2D eigenvalue weighted by molar-refractivity contribution is -0.141. The number of carboxylic acids is 1. The highest BCUT2D eigenvalue weighted by Gasteiger charge is 2.33. The zero-order valence-corrected chi connectivity index (χ0v) is 13.7. The average molecular weight is 340 g/mol. The van der Waals surface area contributed by atoms with Gasteiger partial charge < -0.3 is 15.2 Å². The first-order chi connectivity index (χ1) is 11.1. The number of carbonyl (C=O) groups is 2. The Labute approximate surface area is 141 Å². The molecule has 1 fully saturated rings. The van der Waals surface area contributed by atoms with Gasteiger partial charge in [-0.2, -0.15) is 0 Å². The fraction of sp³-hybridized carbons (Fsp3) is 0.529. The number of hydrogen-bond acceptors (Lipinski definition) is 3. The Kier molecular flexibility index (Phi) is 6.71. The number of halogens is 1. The van der Waals surface area contributed by atoms with Crippen molar-refractivity contribution in [1.82, 2.24) is 5.32 Å². The summed E-state index contributed by atoms with van der Waals surface area (Å²) < 4.78 is 5.57. The van der Waals surface area contributed by atoms with E-state index in [0.717, 1.165) is 18.6 Å². The van der Waals surface area contributed by atoms with E-state index in [1.807, 2.05) is 12.1 Å². The molecule has 0 radical (unpaired) electrons. The second-order valence-corrected chi connectivity index (χ2v) is 6.28. The Morgan fingerprint density at radius 3 is 2.52 bits per heavy atom. The molecule has 2 N–H and O–H groups in total. The van der Waals surface area contributed by atoms with Gasteiger partial charge in [-0.05, 0) is 56.4 Å². The summed E-state index contributed by atoms with van der Waals surface area (Å²) in [6.07, 6.45) is 3.39. The fourth-order valence-corrected chi connectivity index (χ4v) is 2.87. The zero-order valence-electron chi connectivity index (χ0n) is 13.0. The number of rotatable bonds is 8. The largest absolute Gasteiger partial charge is 0.494 e. The van der Waals surface area contributed by atoms with Gasteiger partial charge in [-0.25, -0.2) is 0 Å². The second-order valence-electron chi connectivity index (χ2n) is 5.85. The Hall–Kier alpha value is -1.75. The van der Waals surface area contributed by atoms with Gasteiger partial charge >= 0.3 is 5.97 Å². The van der Waals surface area contributed by atoms with Crippen molar-refractivity contribution in [1.29, 1.82) is 0 Å². The van der Waals surface area contributed by atoms with E-state index in [0.29, 0.717) is 37.4 Å². The summed E-state index contributed by atoms with van der Waals surface area (Å²) in [7, 11) is 0. The van der Waals surface area contributed by atoms with Crippen LogP contribution in [0.2, 0.25) is 5.02 Å². The normalized spacial score (nSPS) is 20.2. The molecule has 2 rings (SSSR count). The van der Waals surface area contributed by atoms with Crippen LogP contribution in [0.15, 0.2) is 24.3 Å². The molecule has 1 aromatic rings. The predicted molar refractivity (Wildman–Crippen MR) is 87.7 cm³/mol. The van der Waals surface area contributed by atoms with Crippen LogP contribution in [0.3, 0.4) is 0 Å². The minimum Gasteiger partial charge on any atom is -0.494 e. The lowest BCUT2D eigenvalue weighted by Crippen LogP contribution is -2.30. The van der Waals surface area contributed by atoms with E-state index in [-0.39, 0.29) is 17.7 Å². The molecule has 1 aliphatic rings. The van der Waals surface area contributed by atoms with Crippen LogP contribution in [0.1, 0.15) is 32.1 Å². The monoisotopic (exact) mass is 339 g/mol. The maximum atomic E-state index is 12.0. The summed E-state index contributed by atoms with van der Waals surface area (Å²) in [5.41, 5.74) is 0. The molecule has 0 heterocycles. The van der Waals surface area contributed by atoms with E-state index in [1.54, 1.807) is 12.1 Å². The Morgan fingerprint density at radius 1 is 1.17 bits per heavy atom. The molecule has 0 saturated heterocycles. The third kappa shape index (κ3) is 5.75. The Morgan fingerprint density at radius 2 is 1.87 bits per heavy atom. The van der Waals surface area contributed by atoms with Gasteiger partial charge in [0.25, 0.3) is 0 Å². The van der Waals surface area contributed by atoms with E-state index < -0.39 is 5.97 Å². The van der Waals surface area contributed by atoms with Crippen LogP contribution in [-0.4, -0.2) is 30.1 Å². The number of benzene rings is 1. The highest BCUT2D eigenvalue weighted by atomic mass is 35.5. The molecule has 23 heavy (non-hydrogen) atoms. The van der Waals surface area contributed by atoms with Gasteiger partial charge in [-0.1, -0.05) is 11.6 Å². The number of carbonyl (C=O) groups excluding carboxylic acids is 1. The van der Waals surface area contributed by atoms with E-state index in [1.165, 1.54) is 0 Å². The van der Waals surface area contributed by atoms with Crippen molar-refractivity contribution >= 4 is 23.5 Å². The maximum absolute atomic E-state index is 12.0. The number of unbranched alkanes of at least 4 members (excludes halogenated alkanes) is 1. The molecule has 0 spiro atoms. The van der Waals surface area contributed by atoms with E-state index in [2.05, 4.69) is 5.32 Å². The van der Waals surface area contributed by atoms with Crippen molar-refractivity contribution in [2.24, 2.45) is 11.8 Å². The highest BCUT2D eigenvalue weighted by molar-refractivity contribution is 6.30. The third-order valence-corrected chi connectivity index (χ3v) is 4.36. The molecule has 1 aromatic carbocycles. The second kappa shape index (κ2) is 8.77. The highest BCUT2D eigenvalue weighted by Crippen LogP contribution is 2.31. The van der Waals surface area contributed by atoms with Crippen LogP contribution in [-0.2, 0) is 9.59 Å². The number of ether oxygens (including phenoxy) is 1. The van der Waals surface area contributed by atoms with Crippen LogP contribution < -0.4 is 10.1 Å². The summed E-state index contributed by atoms with van der Waals surface area (Å²) in [6, 6.07) is 7.21. The Balaban J connectivity index is 1.54. The van der Waals surface area contributed by atoms with Crippen LogP contribution >= 0.6 is 11.6 Å². The standard InChI is InChI=1S/C17H22ClNO4/c18-14-5-7-15(8-6-14)23-10-2-1-9-19-16(20)12-3-4-13(11-12)17(21)22/h5-8,12-13H,1-4,9-11H2,(H,19,20)(H,21,22)/t12-,13+/m0/s1. The van der Waals surface area contributed by atoms with Gasteiger partial charge in [-0.15, -0.1) is 0 Å². The first-order valence-electron chi connectivity index (χ1n) is 7.95. The SMILES string of the molecule is O=C(O)[C@@H]1CC[C@H](C(=O)NCCCCOc2ccc(Cl)cc2)C1. The molecule has 0 unspecified atom stereocenters. The van der Waals surface area contributed by atoms with Gasteiger partial charge in [-0.3, -0.25) is 9.59 Å². The van der Waals surface area contributed by atoms with Crippen molar-refractivity contribution < 1.29 is 19.4 Å². The van der Waals surface area contributed by atoms with Crippen molar-refractivity contribution in [2.75, 3.05) is 13.2 Å². The van der Waals surface area contributed by atoms with Crippen LogP contribution in [0.5, 0.6) is 5.75 Å². The third-order valence-electron chi connectivity index (χ3n) is 4.11. The smallest absolute Gasteiger partial charge is 0.306 e.